The van der Waals surface area contributed by atoms with E-state index in [-0.39, 0.29) is 12.7 Å². The lowest BCUT2D eigenvalue weighted by atomic mass is 9.98. The molecule has 0 N–H and O–H groups in total. The van der Waals surface area contributed by atoms with E-state index in [1.54, 1.807) is 4.52 Å². The second-order valence-corrected chi connectivity index (χ2v) is 7.52. The Morgan fingerprint density at radius 1 is 1.23 bits per heavy atom. The molecule has 0 fully saturated rings. The number of fused-ring (bicyclic) bond motifs is 3. The Balaban J connectivity index is 1.26. The zero-order valence-electron chi connectivity index (χ0n) is 14.3. The lowest BCUT2D eigenvalue weighted by Crippen LogP contribution is -2.36. The molecule has 0 bridgehead atoms. The van der Waals surface area contributed by atoms with Gasteiger partial charge in [0.05, 0.1) is 0 Å². The van der Waals surface area contributed by atoms with Gasteiger partial charge in [0.25, 0.3) is 0 Å². The van der Waals surface area contributed by atoms with Gasteiger partial charge in [0.15, 0.2) is 17.3 Å². The van der Waals surface area contributed by atoms with Crippen molar-refractivity contribution in [1.82, 2.24) is 24.7 Å². The van der Waals surface area contributed by atoms with E-state index in [1.165, 1.54) is 16.9 Å². The predicted octanol–water partition coefficient (Wildman–Crippen LogP) is 1.74. The fourth-order valence-electron chi connectivity index (χ4n) is 3.39. The third-order valence-corrected chi connectivity index (χ3v) is 5.76. The van der Waals surface area contributed by atoms with Crippen molar-refractivity contribution in [3.8, 4) is 11.5 Å². The number of carbonyl (C=O) groups excluding carboxylic acids is 1. The summed E-state index contributed by atoms with van der Waals surface area (Å²) in [7, 11) is 0. The Labute approximate surface area is 153 Å². The molecule has 1 amide bonds. The van der Waals surface area contributed by atoms with Crippen molar-refractivity contribution >= 4 is 22.2 Å². The van der Waals surface area contributed by atoms with Crippen molar-refractivity contribution in [1.29, 1.82) is 0 Å². The first-order chi connectivity index (χ1) is 12.7. The normalized spacial score (nSPS) is 15.5. The smallest absolute Gasteiger partial charge is 0.234 e. The van der Waals surface area contributed by atoms with E-state index in [0.29, 0.717) is 19.4 Å². The van der Waals surface area contributed by atoms with Crippen LogP contribution in [0, 0.1) is 6.92 Å². The van der Waals surface area contributed by atoms with Crippen LogP contribution < -0.4 is 9.47 Å². The fourth-order valence-corrected chi connectivity index (χ4v) is 4.26. The molecular formula is C17H17N5O3S. The largest absolute Gasteiger partial charge is 0.454 e. The van der Waals surface area contributed by atoms with Gasteiger partial charge in [0.1, 0.15) is 5.01 Å². The zero-order chi connectivity index (χ0) is 17.7. The maximum atomic E-state index is 12.6. The van der Waals surface area contributed by atoms with Crippen molar-refractivity contribution in [2.75, 3.05) is 13.3 Å². The number of carbonyl (C=O) groups is 1. The highest BCUT2D eigenvalue weighted by molar-refractivity contribution is 7.16. The number of hydrogen-bond acceptors (Lipinski definition) is 7. The van der Waals surface area contributed by atoms with Gasteiger partial charge in [0.2, 0.25) is 17.7 Å². The van der Waals surface area contributed by atoms with Gasteiger partial charge in [-0.25, -0.2) is 0 Å². The predicted molar refractivity (Wildman–Crippen MR) is 93.4 cm³/mol. The molecule has 0 saturated carbocycles. The van der Waals surface area contributed by atoms with Gasteiger partial charge >= 0.3 is 0 Å². The first-order valence-corrected chi connectivity index (χ1v) is 9.36. The van der Waals surface area contributed by atoms with Crippen molar-refractivity contribution in [2.45, 2.75) is 32.7 Å². The van der Waals surface area contributed by atoms with Crippen LogP contribution in [0.2, 0.25) is 0 Å². The third-order valence-electron chi connectivity index (χ3n) is 4.80. The van der Waals surface area contributed by atoms with Gasteiger partial charge in [-0.05, 0) is 36.6 Å². The lowest BCUT2D eigenvalue weighted by molar-refractivity contribution is -0.132. The molecule has 5 rings (SSSR count). The third kappa shape index (κ3) is 2.59. The minimum Gasteiger partial charge on any atom is -0.454 e. The van der Waals surface area contributed by atoms with Crippen molar-refractivity contribution < 1.29 is 14.3 Å². The molecule has 3 aromatic rings. The number of rotatable bonds is 3. The SMILES string of the molecule is Cc1nnc2sc(CCC(=O)N3CCc4cc5c(cc4C3)OCO5)nn12. The lowest BCUT2D eigenvalue weighted by Gasteiger charge is -2.29. The zero-order valence-corrected chi connectivity index (χ0v) is 15.1. The Hall–Kier alpha value is -2.68. The van der Waals surface area contributed by atoms with Crippen LogP contribution in [-0.2, 0) is 24.2 Å². The maximum absolute atomic E-state index is 12.6. The monoisotopic (exact) mass is 371 g/mol. The highest BCUT2D eigenvalue weighted by Gasteiger charge is 2.24. The van der Waals surface area contributed by atoms with Crippen LogP contribution in [0.3, 0.4) is 0 Å². The van der Waals surface area contributed by atoms with Crippen LogP contribution in [-0.4, -0.2) is 44.0 Å². The molecule has 134 valence electrons. The van der Waals surface area contributed by atoms with Crippen molar-refractivity contribution in [3.63, 3.8) is 0 Å². The molecule has 2 aliphatic heterocycles. The minimum atomic E-state index is 0.149. The van der Waals surface area contributed by atoms with Crippen molar-refractivity contribution in [3.05, 3.63) is 34.1 Å². The summed E-state index contributed by atoms with van der Waals surface area (Å²) in [6, 6.07) is 4.05. The minimum absolute atomic E-state index is 0.149. The number of aryl methyl sites for hydroxylation is 2. The molecule has 4 heterocycles. The van der Waals surface area contributed by atoms with E-state index in [2.05, 4.69) is 15.3 Å². The van der Waals surface area contributed by atoms with Crippen LogP contribution in [0.4, 0.5) is 0 Å². The van der Waals surface area contributed by atoms with E-state index >= 15 is 0 Å². The molecule has 1 aromatic carbocycles. The summed E-state index contributed by atoms with van der Waals surface area (Å²) in [6.07, 6.45) is 1.91. The van der Waals surface area contributed by atoms with Crippen molar-refractivity contribution in [2.24, 2.45) is 0 Å². The molecule has 0 radical (unpaired) electrons. The molecule has 0 unspecified atom stereocenters. The molecule has 9 heteroatoms. The molecule has 8 nitrogen and oxygen atoms in total. The van der Waals surface area contributed by atoms with Crippen LogP contribution in [0.5, 0.6) is 11.5 Å². The molecule has 0 spiro atoms. The molecule has 2 aromatic heterocycles. The van der Waals surface area contributed by atoms with Crippen LogP contribution in [0.1, 0.15) is 28.4 Å². The average molecular weight is 371 g/mol. The number of hydrogen-bond donors (Lipinski definition) is 0. The number of benzene rings is 1. The Bertz CT molecular complexity index is 1010. The molecular weight excluding hydrogens is 354 g/mol. The highest BCUT2D eigenvalue weighted by atomic mass is 32.1. The molecule has 26 heavy (non-hydrogen) atoms. The quantitative estimate of drug-likeness (QED) is 0.698. The van der Waals surface area contributed by atoms with E-state index in [9.17, 15) is 4.79 Å². The summed E-state index contributed by atoms with van der Waals surface area (Å²) >= 11 is 1.49. The standard InChI is InChI=1S/C17H17N5O3S/c1-10-18-19-17-22(10)20-15(26-17)2-3-16(23)21-5-4-11-6-13-14(25-9-24-13)7-12(11)8-21/h6-7H,2-5,8-9H2,1H3. The fraction of sp³-hybridized carbons (Fsp3) is 0.412. The molecule has 0 aliphatic carbocycles. The first kappa shape index (κ1) is 15.6. The second kappa shape index (κ2) is 5.94. The summed E-state index contributed by atoms with van der Waals surface area (Å²) in [5.41, 5.74) is 2.38. The number of aromatic nitrogens is 4. The van der Waals surface area contributed by atoms with E-state index < -0.39 is 0 Å². The van der Waals surface area contributed by atoms with Crippen LogP contribution in [0.15, 0.2) is 12.1 Å². The Morgan fingerprint density at radius 3 is 2.85 bits per heavy atom. The Kier molecular flexibility index (Phi) is 3.56. The van der Waals surface area contributed by atoms with E-state index in [1.807, 2.05) is 24.0 Å². The summed E-state index contributed by atoms with van der Waals surface area (Å²) in [6.45, 7) is 3.49. The molecule has 0 saturated heterocycles. The van der Waals surface area contributed by atoms with Gasteiger partial charge in [-0.2, -0.15) is 9.61 Å². The van der Waals surface area contributed by atoms with Gasteiger partial charge in [-0.15, -0.1) is 10.2 Å². The summed E-state index contributed by atoms with van der Waals surface area (Å²) in [5, 5.41) is 13.4. The van der Waals surface area contributed by atoms with Crippen LogP contribution >= 0.6 is 11.3 Å². The maximum Gasteiger partial charge on any atom is 0.234 e. The topological polar surface area (TPSA) is 81.9 Å². The Morgan fingerprint density at radius 2 is 2.04 bits per heavy atom. The molecule has 0 atom stereocenters. The summed E-state index contributed by atoms with van der Waals surface area (Å²) < 4.78 is 12.6. The summed E-state index contributed by atoms with van der Waals surface area (Å²) in [4.78, 5) is 15.3. The van der Waals surface area contributed by atoms with Gasteiger partial charge < -0.3 is 14.4 Å². The highest BCUT2D eigenvalue weighted by Crippen LogP contribution is 2.36. The molecule has 2 aliphatic rings. The second-order valence-electron chi connectivity index (χ2n) is 6.48. The number of ether oxygens (including phenoxy) is 2. The van der Waals surface area contributed by atoms with Gasteiger partial charge in [-0.3, -0.25) is 4.79 Å². The van der Waals surface area contributed by atoms with Crippen LogP contribution in [0.25, 0.3) is 4.96 Å². The van der Waals surface area contributed by atoms with E-state index in [0.717, 1.165) is 45.8 Å². The van der Waals surface area contributed by atoms with Gasteiger partial charge in [-0.1, -0.05) is 11.3 Å². The van der Waals surface area contributed by atoms with Gasteiger partial charge in [0, 0.05) is 25.9 Å². The number of amides is 1. The first-order valence-electron chi connectivity index (χ1n) is 8.54. The summed E-state index contributed by atoms with van der Waals surface area (Å²) in [5.74, 6) is 2.49. The average Bonchev–Trinajstić information content (AvgIpc) is 3.34. The van der Waals surface area contributed by atoms with E-state index in [4.69, 9.17) is 9.47 Å². The number of nitrogens with zero attached hydrogens (tertiary/aromatic N) is 5.